The number of carbonyl (C=O) groups is 1. The minimum atomic E-state index is -3.67. The normalized spacial score (nSPS) is 15.4. The van der Waals surface area contributed by atoms with Gasteiger partial charge in [-0.05, 0) is 31.0 Å². The van der Waals surface area contributed by atoms with E-state index in [4.69, 9.17) is 11.6 Å². The van der Waals surface area contributed by atoms with E-state index in [1.54, 1.807) is 6.07 Å². The molecule has 0 saturated carbocycles. The van der Waals surface area contributed by atoms with Crippen molar-refractivity contribution in [1.82, 2.24) is 14.3 Å². The number of aromatic nitrogens is 2. The third-order valence-corrected chi connectivity index (χ3v) is 6.05. The Morgan fingerprint density at radius 1 is 1.21 bits per heavy atom. The second-order valence-corrected chi connectivity index (χ2v) is 7.61. The molecule has 1 fully saturated rings. The number of halogens is 1. The van der Waals surface area contributed by atoms with Gasteiger partial charge in [0.1, 0.15) is 10.6 Å². The molecule has 1 amide bonds. The van der Waals surface area contributed by atoms with E-state index in [0.717, 1.165) is 12.8 Å². The van der Waals surface area contributed by atoms with Crippen molar-refractivity contribution < 1.29 is 13.2 Å². The highest BCUT2D eigenvalue weighted by atomic mass is 35.5. The van der Waals surface area contributed by atoms with Gasteiger partial charge in [0.25, 0.3) is 5.91 Å². The summed E-state index contributed by atoms with van der Waals surface area (Å²) in [4.78, 5) is 19.8. The quantitative estimate of drug-likeness (QED) is 0.895. The fourth-order valence-electron chi connectivity index (χ4n) is 2.46. The molecule has 0 unspecified atom stereocenters. The molecular weight excluding hydrogens is 352 g/mol. The number of nitrogens with one attached hydrogen (secondary N) is 1. The van der Waals surface area contributed by atoms with Gasteiger partial charge in [-0.15, -0.1) is 0 Å². The second-order valence-electron chi connectivity index (χ2n) is 5.30. The monoisotopic (exact) mass is 366 g/mol. The largest absolute Gasteiger partial charge is 0.321 e. The Morgan fingerprint density at radius 2 is 1.96 bits per heavy atom. The van der Waals surface area contributed by atoms with Crippen molar-refractivity contribution in [3.8, 4) is 0 Å². The predicted molar refractivity (Wildman–Crippen MR) is 89.4 cm³/mol. The van der Waals surface area contributed by atoms with E-state index in [-0.39, 0.29) is 15.6 Å². The third kappa shape index (κ3) is 3.40. The zero-order valence-electron chi connectivity index (χ0n) is 12.6. The number of rotatable bonds is 4. The average Bonchev–Trinajstić information content (AvgIpc) is 3.12. The Balaban J connectivity index is 1.88. The van der Waals surface area contributed by atoms with Crippen LogP contribution in [0.5, 0.6) is 0 Å². The van der Waals surface area contributed by atoms with Crippen LogP contribution in [0, 0.1) is 0 Å². The van der Waals surface area contributed by atoms with Crippen LogP contribution in [0.1, 0.15) is 23.3 Å². The van der Waals surface area contributed by atoms with Crippen LogP contribution in [-0.4, -0.2) is 41.7 Å². The molecule has 1 aliphatic rings. The lowest BCUT2D eigenvalue weighted by molar-refractivity contribution is 0.102. The molecule has 9 heteroatoms. The summed E-state index contributed by atoms with van der Waals surface area (Å²) < 4.78 is 26.7. The van der Waals surface area contributed by atoms with Crippen LogP contribution in [0.3, 0.4) is 0 Å². The van der Waals surface area contributed by atoms with Crippen molar-refractivity contribution in [2.45, 2.75) is 17.7 Å². The molecule has 2 heterocycles. The number of carbonyl (C=O) groups excluding carboxylic acids is 1. The van der Waals surface area contributed by atoms with Crippen LogP contribution in [0.25, 0.3) is 0 Å². The zero-order chi connectivity index (χ0) is 17.2. The summed E-state index contributed by atoms with van der Waals surface area (Å²) in [5.41, 5.74) is 0.462. The molecule has 1 aliphatic heterocycles. The van der Waals surface area contributed by atoms with Gasteiger partial charge >= 0.3 is 0 Å². The van der Waals surface area contributed by atoms with Crippen molar-refractivity contribution in [3.63, 3.8) is 0 Å². The fraction of sp³-hybridized carbons (Fsp3) is 0.267. The van der Waals surface area contributed by atoms with Crippen LogP contribution < -0.4 is 5.32 Å². The summed E-state index contributed by atoms with van der Waals surface area (Å²) in [6, 6.07) is 4.36. The Morgan fingerprint density at radius 3 is 2.62 bits per heavy atom. The van der Waals surface area contributed by atoms with Gasteiger partial charge in [-0.1, -0.05) is 11.6 Å². The first-order chi connectivity index (χ1) is 11.5. The Kier molecular flexibility index (Phi) is 4.79. The molecule has 1 aromatic heterocycles. The molecule has 1 saturated heterocycles. The summed E-state index contributed by atoms with van der Waals surface area (Å²) in [7, 11) is -3.67. The Bertz CT molecular complexity index is 852. The average molecular weight is 367 g/mol. The van der Waals surface area contributed by atoms with Crippen LogP contribution in [0.4, 0.5) is 5.69 Å². The summed E-state index contributed by atoms with van der Waals surface area (Å²) in [5, 5.41) is 2.73. The fourth-order valence-corrected chi connectivity index (χ4v) is 4.48. The van der Waals surface area contributed by atoms with E-state index < -0.39 is 15.9 Å². The van der Waals surface area contributed by atoms with Crippen molar-refractivity contribution >= 4 is 33.2 Å². The maximum atomic E-state index is 12.7. The van der Waals surface area contributed by atoms with E-state index in [9.17, 15) is 13.2 Å². The van der Waals surface area contributed by atoms with E-state index in [1.165, 1.54) is 35.0 Å². The van der Waals surface area contributed by atoms with Gasteiger partial charge in [0, 0.05) is 31.2 Å². The molecular formula is C15H15ClN4O3S. The molecule has 1 N–H and O–H groups in total. The van der Waals surface area contributed by atoms with E-state index >= 15 is 0 Å². The van der Waals surface area contributed by atoms with Crippen LogP contribution in [0.15, 0.2) is 41.7 Å². The third-order valence-electron chi connectivity index (χ3n) is 3.67. The highest BCUT2D eigenvalue weighted by Crippen LogP contribution is 2.29. The minimum Gasteiger partial charge on any atom is -0.321 e. The maximum Gasteiger partial charge on any atom is 0.275 e. The molecule has 0 spiro atoms. The van der Waals surface area contributed by atoms with Gasteiger partial charge in [-0.3, -0.25) is 9.78 Å². The zero-order valence-corrected chi connectivity index (χ0v) is 14.2. The maximum absolute atomic E-state index is 12.7. The van der Waals surface area contributed by atoms with Crippen molar-refractivity contribution in [3.05, 3.63) is 47.5 Å². The van der Waals surface area contributed by atoms with E-state index in [2.05, 4.69) is 15.3 Å². The van der Waals surface area contributed by atoms with Gasteiger partial charge in [-0.2, -0.15) is 4.31 Å². The Labute approximate surface area is 144 Å². The Hall–Kier alpha value is -2.03. The highest BCUT2D eigenvalue weighted by Gasteiger charge is 2.29. The summed E-state index contributed by atoms with van der Waals surface area (Å²) in [6.45, 7) is 0.962. The van der Waals surface area contributed by atoms with Gasteiger partial charge in [-0.25, -0.2) is 13.4 Å². The highest BCUT2D eigenvalue weighted by molar-refractivity contribution is 7.89. The lowest BCUT2D eigenvalue weighted by Gasteiger charge is -2.17. The molecule has 0 radical (unpaired) electrons. The van der Waals surface area contributed by atoms with Crippen molar-refractivity contribution in [1.29, 1.82) is 0 Å². The molecule has 2 aromatic rings. The number of amides is 1. The molecule has 24 heavy (non-hydrogen) atoms. The van der Waals surface area contributed by atoms with Gasteiger partial charge in [0.15, 0.2) is 0 Å². The molecule has 126 valence electrons. The lowest BCUT2D eigenvalue weighted by Crippen LogP contribution is -2.28. The first kappa shape index (κ1) is 16.8. The number of anilines is 1. The molecule has 0 atom stereocenters. The summed E-state index contributed by atoms with van der Waals surface area (Å²) in [6.07, 6.45) is 5.85. The standard InChI is InChI=1S/C15H15ClN4O3S/c16-12-4-3-11(19-15(21)13-10-17-5-6-18-13)9-14(12)24(22,23)20-7-1-2-8-20/h3-6,9-10H,1-2,7-8H2,(H,19,21). The number of hydrogen-bond donors (Lipinski definition) is 1. The topological polar surface area (TPSA) is 92.3 Å². The van der Waals surface area contributed by atoms with Gasteiger partial charge in [0.05, 0.1) is 11.2 Å². The van der Waals surface area contributed by atoms with Crippen molar-refractivity contribution in [2.24, 2.45) is 0 Å². The summed E-state index contributed by atoms with van der Waals surface area (Å²) >= 11 is 6.07. The van der Waals surface area contributed by atoms with E-state index in [0.29, 0.717) is 18.8 Å². The van der Waals surface area contributed by atoms with Gasteiger partial charge < -0.3 is 5.32 Å². The number of nitrogens with zero attached hydrogens (tertiary/aromatic N) is 3. The molecule has 1 aromatic carbocycles. The van der Waals surface area contributed by atoms with Crippen LogP contribution >= 0.6 is 11.6 Å². The summed E-state index contributed by atoms with van der Waals surface area (Å²) in [5.74, 6) is -0.477. The number of hydrogen-bond acceptors (Lipinski definition) is 5. The number of benzene rings is 1. The van der Waals surface area contributed by atoms with Crippen molar-refractivity contribution in [2.75, 3.05) is 18.4 Å². The molecule has 0 bridgehead atoms. The molecule has 3 rings (SSSR count). The first-order valence-electron chi connectivity index (χ1n) is 7.35. The lowest BCUT2D eigenvalue weighted by atomic mass is 10.3. The SMILES string of the molecule is O=C(Nc1ccc(Cl)c(S(=O)(=O)N2CCCC2)c1)c1cnccn1. The van der Waals surface area contributed by atoms with Gasteiger partial charge in [0.2, 0.25) is 10.0 Å². The molecule has 0 aliphatic carbocycles. The predicted octanol–water partition coefficient (Wildman–Crippen LogP) is 2.17. The van der Waals surface area contributed by atoms with Crippen LogP contribution in [0.2, 0.25) is 5.02 Å². The first-order valence-corrected chi connectivity index (χ1v) is 9.17. The van der Waals surface area contributed by atoms with E-state index in [1.807, 2.05) is 0 Å². The molecule has 7 nitrogen and oxygen atoms in total. The van der Waals surface area contributed by atoms with Crippen LogP contribution in [-0.2, 0) is 10.0 Å². The second kappa shape index (κ2) is 6.84. The minimum absolute atomic E-state index is 0.0111. The number of sulfonamides is 1. The smallest absolute Gasteiger partial charge is 0.275 e.